The van der Waals surface area contributed by atoms with Gasteiger partial charge in [0, 0.05) is 10.9 Å². The van der Waals surface area contributed by atoms with Crippen LogP contribution in [0.5, 0.6) is 11.5 Å². The van der Waals surface area contributed by atoms with Crippen molar-refractivity contribution in [2.45, 2.75) is 13.3 Å². The third kappa shape index (κ3) is 5.26. The van der Waals surface area contributed by atoms with E-state index < -0.39 is 5.97 Å². The first-order valence-electron chi connectivity index (χ1n) is 10.3. The number of hydrogen-bond acceptors (Lipinski definition) is 5. The Labute approximate surface area is 195 Å². The highest BCUT2D eigenvalue weighted by Crippen LogP contribution is 2.31. The van der Waals surface area contributed by atoms with Crippen molar-refractivity contribution in [2.75, 3.05) is 13.2 Å². The molecule has 1 aliphatic heterocycles. The zero-order valence-electron chi connectivity index (χ0n) is 17.6. The molecule has 0 saturated carbocycles. The summed E-state index contributed by atoms with van der Waals surface area (Å²) in [4.78, 5) is 16.7. The molecule has 0 saturated heterocycles. The van der Waals surface area contributed by atoms with Crippen molar-refractivity contribution in [3.05, 3.63) is 99.7 Å². The van der Waals surface area contributed by atoms with Gasteiger partial charge in [0.15, 0.2) is 17.2 Å². The Bertz CT molecular complexity index is 1170. The highest BCUT2D eigenvalue weighted by Gasteiger charge is 2.25. The van der Waals surface area contributed by atoms with Crippen molar-refractivity contribution in [1.82, 2.24) is 0 Å². The summed E-state index contributed by atoms with van der Waals surface area (Å²) in [5.41, 5.74) is 2.94. The van der Waals surface area contributed by atoms with Crippen molar-refractivity contribution in [3.63, 3.8) is 0 Å². The molecule has 3 aromatic carbocycles. The molecule has 6 heteroatoms. The van der Waals surface area contributed by atoms with E-state index in [2.05, 4.69) is 33.1 Å². The summed E-state index contributed by atoms with van der Waals surface area (Å²) in [6.07, 6.45) is 2.49. The van der Waals surface area contributed by atoms with Gasteiger partial charge in [-0.3, -0.25) is 0 Å². The Kier molecular flexibility index (Phi) is 7.02. The van der Waals surface area contributed by atoms with Crippen molar-refractivity contribution < 1.29 is 19.0 Å². The summed E-state index contributed by atoms with van der Waals surface area (Å²) in [6.45, 7) is 2.96. The SMILES string of the molecule is CCOc1cc(/C=C2\N=C(c3ccccc3Br)OC2=O)ccc1OCCc1ccccc1. The maximum atomic E-state index is 12.4. The van der Waals surface area contributed by atoms with Gasteiger partial charge in [0.25, 0.3) is 0 Å². The second kappa shape index (κ2) is 10.3. The van der Waals surface area contributed by atoms with Gasteiger partial charge in [0.1, 0.15) is 0 Å². The van der Waals surface area contributed by atoms with E-state index >= 15 is 0 Å². The molecule has 32 heavy (non-hydrogen) atoms. The average Bonchev–Trinajstić information content (AvgIpc) is 3.16. The predicted molar refractivity (Wildman–Crippen MR) is 128 cm³/mol. The molecule has 0 aromatic heterocycles. The number of esters is 1. The fourth-order valence-electron chi connectivity index (χ4n) is 3.24. The Balaban J connectivity index is 1.52. The summed E-state index contributed by atoms with van der Waals surface area (Å²) in [6, 6.07) is 23.2. The number of carbonyl (C=O) groups excluding carboxylic acids is 1. The third-order valence-electron chi connectivity index (χ3n) is 4.79. The minimum absolute atomic E-state index is 0.232. The molecule has 0 bridgehead atoms. The number of nitrogens with zero attached hydrogens (tertiary/aromatic N) is 1. The second-order valence-corrected chi connectivity index (χ2v) is 7.89. The largest absolute Gasteiger partial charge is 0.490 e. The summed E-state index contributed by atoms with van der Waals surface area (Å²) in [5.74, 6) is 1.07. The van der Waals surface area contributed by atoms with Gasteiger partial charge in [-0.25, -0.2) is 9.79 Å². The molecule has 4 rings (SSSR count). The molecule has 1 heterocycles. The van der Waals surface area contributed by atoms with Crippen molar-refractivity contribution >= 4 is 33.9 Å². The monoisotopic (exact) mass is 491 g/mol. The number of aliphatic imine (C=N–C) groups is 1. The van der Waals surface area contributed by atoms with Crippen LogP contribution in [-0.2, 0) is 16.0 Å². The third-order valence-corrected chi connectivity index (χ3v) is 5.48. The predicted octanol–water partition coefficient (Wildman–Crippen LogP) is 5.81. The first-order valence-corrected chi connectivity index (χ1v) is 11.1. The van der Waals surface area contributed by atoms with Crippen molar-refractivity contribution in [2.24, 2.45) is 4.99 Å². The molecule has 3 aromatic rings. The Hall–Kier alpha value is -3.38. The lowest BCUT2D eigenvalue weighted by molar-refractivity contribution is -0.129. The highest BCUT2D eigenvalue weighted by atomic mass is 79.9. The number of cyclic esters (lactones) is 1. The number of carbonyl (C=O) groups is 1. The summed E-state index contributed by atoms with van der Waals surface area (Å²) in [7, 11) is 0. The van der Waals surface area contributed by atoms with Crippen LogP contribution in [0.15, 0.2) is 88.0 Å². The van der Waals surface area contributed by atoms with Crippen LogP contribution in [-0.4, -0.2) is 25.1 Å². The zero-order valence-corrected chi connectivity index (χ0v) is 19.2. The van der Waals surface area contributed by atoms with E-state index in [9.17, 15) is 4.79 Å². The number of rotatable bonds is 8. The lowest BCUT2D eigenvalue weighted by Crippen LogP contribution is -2.06. The molecule has 0 atom stereocenters. The second-order valence-electron chi connectivity index (χ2n) is 7.04. The van der Waals surface area contributed by atoms with E-state index in [4.69, 9.17) is 14.2 Å². The number of ether oxygens (including phenoxy) is 3. The lowest BCUT2D eigenvalue weighted by atomic mass is 10.1. The van der Waals surface area contributed by atoms with Crippen LogP contribution in [0, 0.1) is 0 Å². The molecule has 0 spiro atoms. The smallest absolute Gasteiger partial charge is 0.363 e. The first-order chi connectivity index (χ1) is 15.6. The molecule has 0 aliphatic carbocycles. The molecular formula is C26H22BrNO4. The Morgan fingerprint density at radius 2 is 1.75 bits per heavy atom. The van der Waals surface area contributed by atoms with Gasteiger partial charge in [-0.15, -0.1) is 0 Å². The molecule has 5 nitrogen and oxygen atoms in total. The van der Waals surface area contributed by atoms with Crippen LogP contribution in [0.4, 0.5) is 0 Å². The van der Waals surface area contributed by atoms with Crippen molar-refractivity contribution in [1.29, 1.82) is 0 Å². The molecule has 0 radical (unpaired) electrons. The van der Waals surface area contributed by atoms with Crippen LogP contribution < -0.4 is 9.47 Å². The minimum Gasteiger partial charge on any atom is -0.490 e. The highest BCUT2D eigenvalue weighted by molar-refractivity contribution is 9.10. The molecule has 0 unspecified atom stereocenters. The topological polar surface area (TPSA) is 57.1 Å². The first kappa shape index (κ1) is 21.8. The standard InChI is InChI=1S/C26H22BrNO4/c1-2-30-24-17-19(12-13-23(24)31-15-14-18-8-4-3-5-9-18)16-22-26(29)32-25(28-22)20-10-6-7-11-21(20)27/h3-13,16-17H,2,14-15H2,1H3/b22-16-. The maximum absolute atomic E-state index is 12.4. The molecule has 0 N–H and O–H groups in total. The van der Waals surface area contributed by atoms with Crippen LogP contribution in [0.1, 0.15) is 23.6 Å². The minimum atomic E-state index is -0.489. The van der Waals surface area contributed by atoms with E-state index in [1.54, 1.807) is 6.08 Å². The lowest BCUT2D eigenvalue weighted by Gasteiger charge is -2.12. The summed E-state index contributed by atoms with van der Waals surface area (Å²) in [5, 5.41) is 0. The van der Waals surface area contributed by atoms with Crippen LogP contribution in [0.2, 0.25) is 0 Å². The normalized spacial score (nSPS) is 14.2. The average molecular weight is 492 g/mol. The van der Waals surface area contributed by atoms with E-state index in [1.165, 1.54) is 5.56 Å². The van der Waals surface area contributed by atoms with Gasteiger partial charge in [0.2, 0.25) is 5.90 Å². The fraction of sp³-hybridized carbons (Fsp3) is 0.154. The molecule has 162 valence electrons. The van der Waals surface area contributed by atoms with Crippen LogP contribution in [0.25, 0.3) is 6.08 Å². The molecular weight excluding hydrogens is 470 g/mol. The van der Waals surface area contributed by atoms with Gasteiger partial charge in [0.05, 0.1) is 18.8 Å². The van der Waals surface area contributed by atoms with Gasteiger partial charge in [-0.05, 0) is 64.3 Å². The molecule has 1 aliphatic rings. The maximum Gasteiger partial charge on any atom is 0.363 e. The number of benzene rings is 3. The van der Waals surface area contributed by atoms with Crippen LogP contribution >= 0.6 is 15.9 Å². The Morgan fingerprint density at radius 1 is 0.969 bits per heavy atom. The van der Waals surface area contributed by atoms with Crippen LogP contribution in [0.3, 0.4) is 0 Å². The number of halogens is 1. The summed E-state index contributed by atoms with van der Waals surface area (Å²) < 4.78 is 17.9. The van der Waals surface area contributed by atoms with Crippen molar-refractivity contribution in [3.8, 4) is 11.5 Å². The van der Waals surface area contributed by atoms with Gasteiger partial charge < -0.3 is 14.2 Å². The molecule has 0 fully saturated rings. The van der Waals surface area contributed by atoms with Gasteiger partial charge in [-0.1, -0.05) is 48.5 Å². The number of hydrogen-bond donors (Lipinski definition) is 0. The summed E-state index contributed by atoms with van der Waals surface area (Å²) >= 11 is 3.46. The quantitative estimate of drug-likeness (QED) is 0.294. The van der Waals surface area contributed by atoms with Gasteiger partial charge >= 0.3 is 5.97 Å². The van der Waals surface area contributed by atoms with E-state index in [0.717, 1.165) is 22.0 Å². The van der Waals surface area contributed by atoms with E-state index in [0.29, 0.717) is 24.7 Å². The molecule has 0 amide bonds. The zero-order chi connectivity index (χ0) is 22.3. The van der Waals surface area contributed by atoms with E-state index in [-0.39, 0.29) is 11.6 Å². The van der Waals surface area contributed by atoms with Gasteiger partial charge in [-0.2, -0.15) is 0 Å². The van der Waals surface area contributed by atoms with E-state index in [1.807, 2.05) is 67.6 Å². The fourth-order valence-corrected chi connectivity index (χ4v) is 3.70. The Morgan fingerprint density at radius 3 is 2.53 bits per heavy atom.